The van der Waals surface area contributed by atoms with Gasteiger partial charge in [-0.3, -0.25) is 0 Å². The molecule has 4 rings (SSSR count). The molecule has 4 aromatic rings. The predicted molar refractivity (Wildman–Crippen MR) is 134 cm³/mol. The number of ether oxygens (including phenoxy) is 2. The third-order valence-corrected chi connectivity index (χ3v) is 5.60. The summed E-state index contributed by atoms with van der Waals surface area (Å²) in [5.41, 5.74) is 2.63. The highest BCUT2D eigenvalue weighted by molar-refractivity contribution is 5.73. The molecule has 7 heteroatoms. The van der Waals surface area contributed by atoms with Gasteiger partial charge in [-0.25, -0.2) is 9.78 Å². The number of nitrogens with zero attached hydrogens (tertiary/aromatic N) is 1. The van der Waals surface area contributed by atoms with E-state index in [1.165, 1.54) is 0 Å². The third kappa shape index (κ3) is 6.83. The fourth-order valence-electron chi connectivity index (χ4n) is 3.76. The first-order chi connectivity index (χ1) is 17.1. The first-order valence-corrected chi connectivity index (χ1v) is 11.9. The molecule has 0 fully saturated rings. The molecule has 1 aromatic heterocycles. The standard InChI is InChI=1S/C28H30N2O5/c1-2-24(28(31)32)34-22-12-8-9-20(19-22)15-17-29-18-16-26(33-21-10-4-3-5-11-21)27-30-23-13-6-7-14-25(23)35-27/h3-14,19,24,26,29H,2,15-18H2,1H3,(H,31,32). The number of para-hydroxylation sites is 3. The molecule has 35 heavy (non-hydrogen) atoms. The molecule has 0 aliphatic carbocycles. The summed E-state index contributed by atoms with van der Waals surface area (Å²) < 4.78 is 17.8. The van der Waals surface area contributed by atoms with E-state index in [1.54, 1.807) is 13.0 Å². The number of aliphatic carboxylic acids is 1. The molecule has 0 radical (unpaired) electrons. The smallest absolute Gasteiger partial charge is 0.344 e. The maximum absolute atomic E-state index is 11.2. The molecule has 0 amide bonds. The van der Waals surface area contributed by atoms with Crippen molar-refractivity contribution in [2.45, 2.75) is 38.4 Å². The van der Waals surface area contributed by atoms with Gasteiger partial charge in [-0.2, -0.15) is 0 Å². The van der Waals surface area contributed by atoms with Crippen molar-refractivity contribution in [3.8, 4) is 11.5 Å². The number of oxazole rings is 1. The van der Waals surface area contributed by atoms with Gasteiger partial charge in [-0.1, -0.05) is 49.4 Å². The topological polar surface area (TPSA) is 93.8 Å². The van der Waals surface area contributed by atoms with Crippen molar-refractivity contribution in [2.24, 2.45) is 0 Å². The summed E-state index contributed by atoms with van der Waals surface area (Å²) in [4.78, 5) is 15.9. The first kappa shape index (κ1) is 24.3. The minimum Gasteiger partial charge on any atom is -0.481 e. The summed E-state index contributed by atoms with van der Waals surface area (Å²) in [5.74, 6) is 0.948. The highest BCUT2D eigenvalue weighted by Crippen LogP contribution is 2.27. The molecule has 0 bridgehead atoms. The zero-order valence-corrected chi connectivity index (χ0v) is 19.7. The van der Waals surface area contributed by atoms with Gasteiger partial charge in [-0.15, -0.1) is 0 Å². The largest absolute Gasteiger partial charge is 0.481 e. The maximum atomic E-state index is 11.2. The van der Waals surface area contributed by atoms with Crippen LogP contribution in [0.25, 0.3) is 11.1 Å². The Labute approximate surface area is 204 Å². The van der Waals surface area contributed by atoms with Crippen LogP contribution in [-0.4, -0.2) is 35.3 Å². The lowest BCUT2D eigenvalue weighted by Gasteiger charge is -2.17. The lowest BCUT2D eigenvalue weighted by Crippen LogP contribution is -2.26. The first-order valence-electron chi connectivity index (χ1n) is 11.9. The second-order valence-corrected chi connectivity index (χ2v) is 8.23. The summed E-state index contributed by atoms with van der Waals surface area (Å²) in [7, 11) is 0. The van der Waals surface area contributed by atoms with Gasteiger partial charge >= 0.3 is 5.97 Å². The monoisotopic (exact) mass is 474 g/mol. The van der Waals surface area contributed by atoms with Gasteiger partial charge in [0.25, 0.3) is 0 Å². The van der Waals surface area contributed by atoms with Gasteiger partial charge in [0.2, 0.25) is 5.89 Å². The molecule has 0 spiro atoms. The Hall–Kier alpha value is -3.84. The number of fused-ring (bicyclic) bond motifs is 1. The number of carboxylic acids is 1. The molecule has 2 atom stereocenters. The van der Waals surface area contributed by atoms with Crippen LogP contribution in [0.4, 0.5) is 0 Å². The average Bonchev–Trinajstić information content (AvgIpc) is 3.31. The van der Waals surface area contributed by atoms with Crippen LogP contribution in [-0.2, 0) is 11.2 Å². The number of hydrogen-bond acceptors (Lipinski definition) is 6. The van der Waals surface area contributed by atoms with E-state index in [-0.39, 0.29) is 6.10 Å². The quantitative estimate of drug-likeness (QED) is 0.250. The predicted octanol–water partition coefficient (Wildman–Crippen LogP) is 5.41. The average molecular weight is 475 g/mol. The van der Waals surface area contributed by atoms with Crippen molar-refractivity contribution in [1.82, 2.24) is 10.3 Å². The van der Waals surface area contributed by atoms with Crippen LogP contribution in [0.15, 0.2) is 83.3 Å². The van der Waals surface area contributed by atoms with Gasteiger partial charge < -0.3 is 24.3 Å². The van der Waals surface area contributed by atoms with Gasteiger partial charge in [0.1, 0.15) is 17.0 Å². The molecule has 2 unspecified atom stereocenters. The molecule has 0 aliphatic rings. The van der Waals surface area contributed by atoms with Gasteiger partial charge in [0.05, 0.1) is 0 Å². The van der Waals surface area contributed by atoms with E-state index in [0.29, 0.717) is 31.0 Å². The summed E-state index contributed by atoms with van der Waals surface area (Å²) in [5, 5.41) is 12.7. The highest BCUT2D eigenvalue weighted by Gasteiger charge is 2.20. The Kier molecular flexibility index (Phi) is 8.35. The fraction of sp³-hybridized carbons (Fsp3) is 0.286. The molecule has 1 heterocycles. The molecular weight excluding hydrogens is 444 g/mol. The summed E-state index contributed by atoms with van der Waals surface area (Å²) in [6.07, 6.45) is 0.719. The Balaban J connectivity index is 1.32. The summed E-state index contributed by atoms with van der Waals surface area (Å²) in [6.45, 7) is 3.26. The van der Waals surface area contributed by atoms with Crippen LogP contribution in [0.2, 0.25) is 0 Å². The van der Waals surface area contributed by atoms with E-state index >= 15 is 0 Å². The number of nitrogens with one attached hydrogen (secondary N) is 1. The normalized spacial score (nSPS) is 12.8. The van der Waals surface area contributed by atoms with Crippen molar-refractivity contribution in [2.75, 3.05) is 13.1 Å². The Morgan fingerprint density at radius 1 is 0.971 bits per heavy atom. The molecule has 0 saturated heterocycles. The Morgan fingerprint density at radius 2 is 1.74 bits per heavy atom. The lowest BCUT2D eigenvalue weighted by atomic mass is 10.1. The van der Waals surface area contributed by atoms with E-state index < -0.39 is 12.1 Å². The molecule has 7 nitrogen and oxygen atoms in total. The van der Waals surface area contributed by atoms with Gasteiger partial charge in [0.15, 0.2) is 17.8 Å². The van der Waals surface area contributed by atoms with E-state index in [2.05, 4.69) is 10.3 Å². The van der Waals surface area contributed by atoms with E-state index in [0.717, 1.165) is 35.4 Å². The maximum Gasteiger partial charge on any atom is 0.344 e. The summed E-state index contributed by atoms with van der Waals surface area (Å²) >= 11 is 0. The Bertz CT molecular complexity index is 1190. The number of rotatable bonds is 13. The number of carboxylic acid groups (broad SMARTS) is 1. The van der Waals surface area contributed by atoms with E-state index in [4.69, 9.17) is 13.9 Å². The Morgan fingerprint density at radius 3 is 2.51 bits per heavy atom. The van der Waals surface area contributed by atoms with Crippen molar-refractivity contribution < 1.29 is 23.8 Å². The zero-order valence-electron chi connectivity index (χ0n) is 19.7. The van der Waals surface area contributed by atoms with E-state index in [1.807, 2.05) is 72.8 Å². The van der Waals surface area contributed by atoms with Crippen LogP contribution in [0.3, 0.4) is 0 Å². The molecule has 0 saturated carbocycles. The SMILES string of the molecule is CCC(Oc1cccc(CCNCCC(Oc2ccccc2)c2nc3ccccc3o2)c1)C(=O)O. The van der Waals surface area contributed by atoms with Crippen LogP contribution in [0.1, 0.15) is 37.3 Å². The minimum atomic E-state index is -0.953. The molecule has 2 N–H and O–H groups in total. The minimum absolute atomic E-state index is 0.323. The van der Waals surface area contributed by atoms with Gasteiger partial charge in [0, 0.05) is 6.42 Å². The van der Waals surface area contributed by atoms with E-state index in [9.17, 15) is 9.90 Å². The second-order valence-electron chi connectivity index (χ2n) is 8.23. The van der Waals surface area contributed by atoms with Crippen molar-refractivity contribution in [1.29, 1.82) is 0 Å². The fourth-order valence-corrected chi connectivity index (χ4v) is 3.76. The van der Waals surface area contributed by atoms with Crippen LogP contribution >= 0.6 is 0 Å². The molecular formula is C28H30N2O5. The molecule has 0 aliphatic heterocycles. The van der Waals surface area contributed by atoms with Crippen LogP contribution in [0.5, 0.6) is 11.5 Å². The number of hydrogen-bond donors (Lipinski definition) is 2. The highest BCUT2D eigenvalue weighted by atomic mass is 16.5. The van der Waals surface area contributed by atoms with Crippen LogP contribution < -0.4 is 14.8 Å². The molecule has 182 valence electrons. The van der Waals surface area contributed by atoms with Gasteiger partial charge in [-0.05, 0) is 67.9 Å². The number of aromatic nitrogens is 1. The van der Waals surface area contributed by atoms with Crippen LogP contribution in [0, 0.1) is 0 Å². The van der Waals surface area contributed by atoms with Crippen molar-refractivity contribution in [3.05, 3.63) is 90.3 Å². The third-order valence-electron chi connectivity index (χ3n) is 5.60. The summed E-state index contributed by atoms with van der Waals surface area (Å²) in [6, 6.07) is 24.9. The number of benzene rings is 3. The lowest BCUT2D eigenvalue weighted by molar-refractivity contribution is -0.145. The number of carbonyl (C=O) groups is 1. The van der Waals surface area contributed by atoms with Crippen molar-refractivity contribution in [3.63, 3.8) is 0 Å². The van der Waals surface area contributed by atoms with Crippen molar-refractivity contribution >= 4 is 17.1 Å². The zero-order chi connectivity index (χ0) is 24.5. The second kappa shape index (κ2) is 12.0. The molecule has 3 aromatic carbocycles.